The first-order chi connectivity index (χ1) is 15.2. The molecule has 0 radical (unpaired) electrons. The molecule has 4 rings (SSSR count). The lowest BCUT2D eigenvalue weighted by atomic mass is 10.1. The summed E-state index contributed by atoms with van der Waals surface area (Å²) in [5, 5.41) is 10.3. The maximum atomic E-state index is 10.3. The van der Waals surface area contributed by atoms with Crippen molar-refractivity contribution in [2.24, 2.45) is 0 Å². The summed E-state index contributed by atoms with van der Waals surface area (Å²) in [5.41, 5.74) is 3.12. The molecule has 5 heteroatoms. The average Bonchev–Trinajstić information content (AvgIpc) is 3.14. The van der Waals surface area contributed by atoms with Crippen LogP contribution in [0.2, 0.25) is 0 Å². The fourth-order valence-electron chi connectivity index (χ4n) is 3.65. The summed E-state index contributed by atoms with van der Waals surface area (Å²) in [6, 6.07) is 29.7. The van der Waals surface area contributed by atoms with Crippen molar-refractivity contribution in [1.29, 1.82) is 0 Å². The van der Waals surface area contributed by atoms with Gasteiger partial charge in [-0.1, -0.05) is 91.0 Å². The molecule has 0 spiro atoms. The zero-order valence-electron chi connectivity index (χ0n) is 17.4. The van der Waals surface area contributed by atoms with E-state index in [1.54, 1.807) is 0 Å². The first-order valence-electron chi connectivity index (χ1n) is 10.5. The molecule has 1 fully saturated rings. The molecule has 1 aliphatic heterocycles. The van der Waals surface area contributed by atoms with Gasteiger partial charge in [-0.2, -0.15) is 0 Å². The number of aliphatic hydroxyl groups is 1. The van der Waals surface area contributed by atoms with Gasteiger partial charge in [0.05, 0.1) is 32.8 Å². The van der Waals surface area contributed by atoms with E-state index in [1.807, 2.05) is 91.0 Å². The molecule has 0 amide bonds. The number of hydrogen-bond donors (Lipinski definition) is 1. The quantitative estimate of drug-likeness (QED) is 0.492. The van der Waals surface area contributed by atoms with Gasteiger partial charge in [0.2, 0.25) is 5.79 Å². The van der Waals surface area contributed by atoms with Crippen LogP contribution in [0.4, 0.5) is 0 Å². The first kappa shape index (κ1) is 21.7. The molecule has 1 aliphatic rings. The molecule has 1 heterocycles. The van der Waals surface area contributed by atoms with E-state index in [1.165, 1.54) is 0 Å². The molecule has 5 nitrogen and oxygen atoms in total. The monoisotopic (exact) mass is 420 g/mol. The molecule has 2 atom stereocenters. The van der Waals surface area contributed by atoms with Crippen LogP contribution >= 0.6 is 0 Å². The van der Waals surface area contributed by atoms with Crippen molar-refractivity contribution < 1.29 is 24.1 Å². The third-order valence-corrected chi connectivity index (χ3v) is 5.30. The molecule has 162 valence electrons. The van der Waals surface area contributed by atoms with Gasteiger partial charge < -0.3 is 24.1 Å². The minimum Gasteiger partial charge on any atom is -0.374 e. The number of ether oxygens (including phenoxy) is 4. The van der Waals surface area contributed by atoms with E-state index in [9.17, 15) is 5.11 Å². The molecular formula is C26H28O5. The van der Waals surface area contributed by atoms with E-state index in [2.05, 4.69) is 0 Å². The Morgan fingerprint density at radius 2 is 1.16 bits per heavy atom. The second kappa shape index (κ2) is 10.7. The van der Waals surface area contributed by atoms with E-state index >= 15 is 0 Å². The topological polar surface area (TPSA) is 57.2 Å². The van der Waals surface area contributed by atoms with Crippen LogP contribution in [0.25, 0.3) is 0 Å². The molecule has 1 saturated heterocycles. The van der Waals surface area contributed by atoms with Crippen LogP contribution < -0.4 is 0 Å². The van der Waals surface area contributed by atoms with Gasteiger partial charge in [0.15, 0.2) is 6.29 Å². The molecule has 31 heavy (non-hydrogen) atoms. The third kappa shape index (κ3) is 6.00. The molecule has 0 bridgehead atoms. The van der Waals surface area contributed by atoms with Crippen molar-refractivity contribution in [3.8, 4) is 0 Å². The third-order valence-electron chi connectivity index (χ3n) is 5.30. The van der Waals surface area contributed by atoms with Gasteiger partial charge in [-0.15, -0.1) is 0 Å². The standard InChI is InChI=1S/C26H28O5/c27-25-16-26(29-18-22-12-6-2-7-13-22,30-19-23-14-8-3-9-15-23)24(31-25)20-28-17-21-10-4-1-5-11-21/h1-15,24-25,27H,16-20H2. The van der Waals surface area contributed by atoms with Crippen LogP contribution in [0.3, 0.4) is 0 Å². The number of benzene rings is 3. The molecule has 3 aromatic carbocycles. The predicted molar refractivity (Wildman–Crippen MR) is 117 cm³/mol. The van der Waals surface area contributed by atoms with E-state index in [-0.39, 0.29) is 13.0 Å². The zero-order chi connectivity index (χ0) is 21.4. The van der Waals surface area contributed by atoms with Crippen molar-refractivity contribution in [1.82, 2.24) is 0 Å². The van der Waals surface area contributed by atoms with Crippen LogP contribution in [-0.4, -0.2) is 29.9 Å². The summed E-state index contributed by atoms with van der Waals surface area (Å²) >= 11 is 0. The Labute approximate surface area is 183 Å². The fourth-order valence-corrected chi connectivity index (χ4v) is 3.65. The highest BCUT2D eigenvalue weighted by atomic mass is 16.7. The van der Waals surface area contributed by atoms with E-state index < -0.39 is 18.2 Å². The van der Waals surface area contributed by atoms with E-state index in [0.29, 0.717) is 19.8 Å². The van der Waals surface area contributed by atoms with Gasteiger partial charge in [0.1, 0.15) is 6.10 Å². The molecule has 2 unspecified atom stereocenters. The Balaban J connectivity index is 1.46. The summed E-state index contributed by atoms with van der Waals surface area (Å²) in [6.07, 6.45) is -1.32. The Morgan fingerprint density at radius 1 is 0.710 bits per heavy atom. The average molecular weight is 421 g/mol. The Morgan fingerprint density at radius 3 is 1.65 bits per heavy atom. The zero-order valence-corrected chi connectivity index (χ0v) is 17.4. The van der Waals surface area contributed by atoms with Crippen molar-refractivity contribution in [2.45, 2.75) is 44.4 Å². The Kier molecular flexibility index (Phi) is 7.46. The van der Waals surface area contributed by atoms with Gasteiger partial charge in [-0.05, 0) is 16.7 Å². The summed E-state index contributed by atoms with van der Waals surface area (Å²) < 4.78 is 24.3. The highest BCUT2D eigenvalue weighted by molar-refractivity contribution is 5.15. The van der Waals surface area contributed by atoms with Crippen molar-refractivity contribution in [3.63, 3.8) is 0 Å². The normalized spacial score (nSPS) is 20.0. The second-order valence-electron chi connectivity index (χ2n) is 7.64. The van der Waals surface area contributed by atoms with Crippen molar-refractivity contribution in [2.75, 3.05) is 6.61 Å². The summed E-state index contributed by atoms with van der Waals surface area (Å²) in [6.45, 7) is 1.39. The molecular weight excluding hydrogens is 392 g/mol. The van der Waals surface area contributed by atoms with Crippen LogP contribution in [0, 0.1) is 0 Å². The Hall–Kier alpha value is -2.54. The predicted octanol–water partition coefficient (Wildman–Crippen LogP) is 4.44. The summed E-state index contributed by atoms with van der Waals surface area (Å²) in [5.74, 6) is -1.11. The number of rotatable bonds is 10. The van der Waals surface area contributed by atoms with Crippen molar-refractivity contribution >= 4 is 0 Å². The van der Waals surface area contributed by atoms with Crippen LogP contribution in [0.15, 0.2) is 91.0 Å². The van der Waals surface area contributed by atoms with Crippen LogP contribution in [0.1, 0.15) is 23.1 Å². The molecule has 0 aliphatic carbocycles. The maximum Gasteiger partial charge on any atom is 0.202 e. The lowest BCUT2D eigenvalue weighted by Gasteiger charge is -2.33. The van der Waals surface area contributed by atoms with Crippen LogP contribution in [-0.2, 0) is 38.8 Å². The lowest BCUT2D eigenvalue weighted by molar-refractivity contribution is -0.278. The van der Waals surface area contributed by atoms with Gasteiger partial charge in [0.25, 0.3) is 0 Å². The first-order valence-corrected chi connectivity index (χ1v) is 10.5. The van der Waals surface area contributed by atoms with Crippen LogP contribution in [0.5, 0.6) is 0 Å². The van der Waals surface area contributed by atoms with Gasteiger partial charge in [0, 0.05) is 0 Å². The fraction of sp³-hybridized carbons (Fsp3) is 0.308. The Bertz CT molecular complexity index is 857. The minimum absolute atomic E-state index is 0.214. The maximum absolute atomic E-state index is 10.3. The minimum atomic E-state index is -1.11. The van der Waals surface area contributed by atoms with Crippen molar-refractivity contribution in [3.05, 3.63) is 108 Å². The van der Waals surface area contributed by atoms with E-state index in [4.69, 9.17) is 18.9 Å². The molecule has 1 N–H and O–H groups in total. The largest absolute Gasteiger partial charge is 0.374 e. The van der Waals surface area contributed by atoms with Gasteiger partial charge in [-0.25, -0.2) is 0 Å². The highest BCUT2D eigenvalue weighted by Gasteiger charge is 2.51. The molecule has 0 saturated carbocycles. The van der Waals surface area contributed by atoms with Gasteiger partial charge in [-0.3, -0.25) is 0 Å². The number of aliphatic hydroxyl groups excluding tert-OH is 1. The lowest BCUT2D eigenvalue weighted by Crippen LogP contribution is -2.46. The summed E-state index contributed by atoms with van der Waals surface area (Å²) in [4.78, 5) is 0. The number of hydrogen-bond acceptors (Lipinski definition) is 5. The smallest absolute Gasteiger partial charge is 0.202 e. The highest BCUT2D eigenvalue weighted by Crippen LogP contribution is 2.36. The second-order valence-corrected chi connectivity index (χ2v) is 7.64. The van der Waals surface area contributed by atoms with E-state index in [0.717, 1.165) is 16.7 Å². The molecule has 3 aromatic rings. The molecule has 0 aromatic heterocycles. The SMILES string of the molecule is OC1CC(OCc2ccccc2)(OCc2ccccc2)C(COCc2ccccc2)O1. The van der Waals surface area contributed by atoms with Gasteiger partial charge >= 0.3 is 0 Å². The summed E-state index contributed by atoms with van der Waals surface area (Å²) in [7, 11) is 0.